The lowest BCUT2D eigenvalue weighted by molar-refractivity contribution is -0.123. The summed E-state index contributed by atoms with van der Waals surface area (Å²) >= 11 is 12.5. The van der Waals surface area contributed by atoms with Gasteiger partial charge < -0.3 is 15.4 Å². The summed E-state index contributed by atoms with van der Waals surface area (Å²) in [6.45, 7) is 3.00. The monoisotopic (exact) mass is 589 g/mol. The van der Waals surface area contributed by atoms with E-state index in [4.69, 9.17) is 38.7 Å². The lowest BCUT2D eigenvalue weighted by Crippen LogP contribution is -2.50. The molecule has 3 aromatic carbocycles. The summed E-state index contributed by atoms with van der Waals surface area (Å²) < 4.78 is 5.95. The van der Waals surface area contributed by atoms with E-state index in [9.17, 15) is 14.9 Å². The zero-order valence-electron chi connectivity index (χ0n) is 22.5. The molecular weight excluding hydrogens is 561 g/mol. The van der Waals surface area contributed by atoms with Gasteiger partial charge in [0, 0.05) is 29.1 Å². The molecule has 3 aromatic rings. The van der Waals surface area contributed by atoms with E-state index in [1.54, 1.807) is 52.3 Å². The van der Waals surface area contributed by atoms with Crippen LogP contribution in [0.3, 0.4) is 0 Å². The number of hydrogen-bond acceptors (Lipinski definition) is 5. The molecule has 1 fully saturated rings. The van der Waals surface area contributed by atoms with Gasteiger partial charge in [-0.05, 0) is 73.4 Å². The van der Waals surface area contributed by atoms with Gasteiger partial charge in [-0.15, -0.1) is 0 Å². The predicted molar refractivity (Wildman–Crippen MR) is 158 cm³/mol. The zero-order valence-corrected chi connectivity index (χ0v) is 24.0. The number of aliphatic imine (C=N–C) groups is 1. The Hall–Kier alpha value is -4.06. The number of ether oxygens (including phenoxy) is 1. The number of urea groups is 1. The number of amides is 3. The fraction of sp³-hybridized carbons (Fsp3) is 0.290. The molecule has 1 saturated heterocycles. The highest BCUT2D eigenvalue weighted by Gasteiger charge is 2.45. The van der Waals surface area contributed by atoms with Gasteiger partial charge in [-0.25, -0.2) is 4.79 Å². The third kappa shape index (κ3) is 5.88. The molecule has 0 saturated carbocycles. The van der Waals surface area contributed by atoms with Crippen LogP contribution in [-0.2, 0) is 4.79 Å². The van der Waals surface area contributed by atoms with E-state index in [0.717, 1.165) is 11.1 Å². The summed E-state index contributed by atoms with van der Waals surface area (Å²) in [6, 6.07) is 20.8. The van der Waals surface area contributed by atoms with Crippen LogP contribution in [0.5, 0.6) is 5.75 Å². The van der Waals surface area contributed by atoms with Crippen LogP contribution in [0, 0.1) is 17.2 Å². The fourth-order valence-corrected chi connectivity index (χ4v) is 5.67. The van der Waals surface area contributed by atoms with Crippen molar-refractivity contribution in [2.24, 2.45) is 16.6 Å². The molecule has 0 unspecified atom stereocenters. The van der Waals surface area contributed by atoms with E-state index in [1.165, 1.54) is 0 Å². The van der Waals surface area contributed by atoms with Gasteiger partial charge in [0.2, 0.25) is 5.91 Å². The second-order valence-electron chi connectivity index (χ2n) is 10.0. The van der Waals surface area contributed by atoms with Crippen LogP contribution in [0.15, 0.2) is 71.7 Å². The van der Waals surface area contributed by atoms with E-state index < -0.39 is 12.1 Å². The topological polar surface area (TPSA) is 112 Å². The lowest BCUT2D eigenvalue weighted by atomic mass is 9.93. The number of rotatable bonds is 6. The Bertz CT molecular complexity index is 1510. The first-order chi connectivity index (χ1) is 19.8. The summed E-state index contributed by atoms with van der Waals surface area (Å²) in [6.07, 6.45) is 0.989. The molecule has 210 valence electrons. The van der Waals surface area contributed by atoms with Crippen molar-refractivity contribution in [2.45, 2.75) is 31.8 Å². The normalized spacial score (nSPS) is 19.0. The molecule has 2 N–H and O–H groups in total. The van der Waals surface area contributed by atoms with Gasteiger partial charge in [-0.3, -0.25) is 14.7 Å². The summed E-state index contributed by atoms with van der Waals surface area (Å²) in [5.41, 5.74) is 8.31. The number of nitrogens with zero attached hydrogens (tertiary/aromatic N) is 4. The molecule has 2 heterocycles. The number of nitrogens with two attached hydrogens (primary N) is 1. The van der Waals surface area contributed by atoms with Crippen molar-refractivity contribution >= 4 is 41.0 Å². The highest BCUT2D eigenvalue weighted by atomic mass is 35.5. The van der Waals surface area contributed by atoms with Crippen molar-refractivity contribution in [1.29, 1.82) is 5.26 Å². The molecule has 2 aliphatic rings. The number of likely N-dealkylation sites (tertiary alicyclic amines) is 1. The van der Waals surface area contributed by atoms with Crippen molar-refractivity contribution in [3.8, 4) is 11.8 Å². The Kier molecular flexibility index (Phi) is 8.48. The van der Waals surface area contributed by atoms with Gasteiger partial charge in [-0.2, -0.15) is 5.26 Å². The first-order valence-corrected chi connectivity index (χ1v) is 14.2. The maximum atomic E-state index is 14.4. The number of primary amides is 1. The molecule has 2 atom stereocenters. The Morgan fingerprint density at radius 1 is 1.00 bits per heavy atom. The number of nitriles is 1. The quantitative estimate of drug-likeness (QED) is 0.373. The van der Waals surface area contributed by atoms with Gasteiger partial charge in [0.25, 0.3) is 0 Å². The summed E-state index contributed by atoms with van der Waals surface area (Å²) in [4.78, 5) is 34.9. The highest BCUT2D eigenvalue weighted by Crippen LogP contribution is 2.45. The Morgan fingerprint density at radius 3 is 2.17 bits per heavy atom. The molecule has 0 bridgehead atoms. The molecule has 8 nitrogen and oxygen atoms in total. The third-order valence-corrected chi connectivity index (χ3v) is 8.02. The number of piperidine rings is 1. The minimum atomic E-state index is -0.519. The van der Waals surface area contributed by atoms with E-state index in [1.807, 2.05) is 31.2 Å². The number of carbonyl (C=O) groups excluding carboxylic acids is 2. The third-order valence-electron chi connectivity index (χ3n) is 7.52. The van der Waals surface area contributed by atoms with Crippen LogP contribution in [0.2, 0.25) is 10.0 Å². The van der Waals surface area contributed by atoms with E-state index >= 15 is 0 Å². The average molecular weight is 591 g/mol. The molecule has 2 aliphatic heterocycles. The van der Waals surface area contributed by atoms with E-state index in [2.05, 4.69) is 6.07 Å². The van der Waals surface area contributed by atoms with Gasteiger partial charge >= 0.3 is 6.03 Å². The minimum Gasteiger partial charge on any atom is -0.493 e. The van der Waals surface area contributed by atoms with Crippen molar-refractivity contribution in [1.82, 2.24) is 9.80 Å². The molecule has 3 amide bonds. The van der Waals surface area contributed by atoms with E-state index in [0.29, 0.717) is 65.3 Å². The van der Waals surface area contributed by atoms with Crippen LogP contribution in [-0.4, -0.2) is 47.3 Å². The largest absolute Gasteiger partial charge is 0.493 e. The molecular formula is C31H29Cl2N5O3. The summed E-state index contributed by atoms with van der Waals surface area (Å²) in [7, 11) is 0. The molecule has 5 rings (SSSR count). The second-order valence-corrected chi connectivity index (χ2v) is 10.9. The van der Waals surface area contributed by atoms with Crippen molar-refractivity contribution < 1.29 is 14.3 Å². The molecule has 0 aliphatic carbocycles. The molecule has 41 heavy (non-hydrogen) atoms. The number of carbonyl (C=O) groups is 2. The van der Waals surface area contributed by atoms with Crippen molar-refractivity contribution in [3.05, 3.63) is 99.0 Å². The first kappa shape index (κ1) is 28.5. The smallest absolute Gasteiger partial charge is 0.326 e. The standard InChI is InChI=1S/C31H29Cl2N5O3/c1-2-41-26-17-19(18-34)3-12-25(26)30-36-27(20-4-8-23(32)9-5-20)28(21-6-10-24(33)11-7-21)38(30)31(40)37-15-13-22(14-16-37)29(35)39/h3-12,17,22,27-28H,2,13-16H2,1H3,(H2,35,39)/t27-,28+/m0/s1. The van der Waals surface area contributed by atoms with Gasteiger partial charge in [0.1, 0.15) is 17.6 Å². The Labute approximate surface area is 248 Å². The maximum absolute atomic E-state index is 14.4. The van der Waals surface area contributed by atoms with E-state index in [-0.39, 0.29) is 17.9 Å². The van der Waals surface area contributed by atoms with Gasteiger partial charge in [0.15, 0.2) is 0 Å². The Morgan fingerprint density at radius 2 is 1.61 bits per heavy atom. The Balaban J connectivity index is 1.66. The van der Waals surface area contributed by atoms with Crippen LogP contribution in [0.25, 0.3) is 0 Å². The number of amidine groups is 1. The number of halogens is 2. The molecule has 0 radical (unpaired) electrons. The molecule has 0 spiro atoms. The second kappa shape index (κ2) is 12.2. The maximum Gasteiger partial charge on any atom is 0.326 e. The predicted octanol–water partition coefficient (Wildman–Crippen LogP) is 6.13. The van der Waals surface area contributed by atoms with Crippen molar-refractivity contribution in [2.75, 3.05) is 19.7 Å². The lowest BCUT2D eigenvalue weighted by Gasteiger charge is -2.37. The summed E-state index contributed by atoms with van der Waals surface area (Å²) in [5.74, 6) is 0.283. The van der Waals surface area contributed by atoms with Gasteiger partial charge in [-0.1, -0.05) is 47.5 Å². The fourth-order valence-electron chi connectivity index (χ4n) is 5.41. The highest BCUT2D eigenvalue weighted by molar-refractivity contribution is 6.30. The zero-order chi connectivity index (χ0) is 29.1. The molecule has 0 aromatic heterocycles. The van der Waals surface area contributed by atoms with Crippen molar-refractivity contribution in [3.63, 3.8) is 0 Å². The minimum absolute atomic E-state index is 0.241. The number of hydrogen-bond donors (Lipinski definition) is 1. The van der Waals surface area contributed by atoms with Crippen LogP contribution in [0.1, 0.15) is 54.1 Å². The summed E-state index contributed by atoms with van der Waals surface area (Å²) in [5, 5.41) is 10.7. The molecule has 10 heteroatoms. The van der Waals surface area contributed by atoms with Crippen LogP contribution < -0.4 is 10.5 Å². The van der Waals surface area contributed by atoms with Crippen LogP contribution >= 0.6 is 23.2 Å². The SMILES string of the molecule is CCOc1cc(C#N)ccc1C1=N[C@@H](c2ccc(Cl)cc2)[C@@H](c2ccc(Cl)cc2)N1C(=O)N1CCC(C(N)=O)CC1. The van der Waals surface area contributed by atoms with Crippen LogP contribution in [0.4, 0.5) is 4.79 Å². The average Bonchev–Trinajstić information content (AvgIpc) is 3.38. The number of benzene rings is 3. The van der Waals surface area contributed by atoms with Gasteiger partial charge in [0.05, 0.1) is 29.8 Å². The first-order valence-electron chi connectivity index (χ1n) is 13.4.